The first-order valence-corrected chi connectivity index (χ1v) is 7.50. The van der Waals surface area contributed by atoms with Gasteiger partial charge >= 0.3 is 0 Å². The van der Waals surface area contributed by atoms with Crippen LogP contribution in [-0.4, -0.2) is 27.9 Å². The van der Waals surface area contributed by atoms with Crippen molar-refractivity contribution in [2.75, 3.05) is 6.54 Å². The van der Waals surface area contributed by atoms with Gasteiger partial charge in [0.15, 0.2) is 5.78 Å². The van der Waals surface area contributed by atoms with Crippen molar-refractivity contribution in [1.82, 2.24) is 14.9 Å². The molecule has 1 aromatic heterocycles. The molecule has 1 saturated carbocycles. The Morgan fingerprint density at radius 3 is 2.90 bits per heavy atom. The fraction of sp³-hybridized carbons (Fsp3) is 0.500. The molecular formula is C16H19N3O. The molecule has 1 atom stereocenters. The molecule has 1 saturated heterocycles. The molecule has 1 aliphatic heterocycles. The van der Waals surface area contributed by atoms with E-state index in [1.54, 1.807) is 0 Å². The van der Waals surface area contributed by atoms with Crippen molar-refractivity contribution in [3.8, 4) is 0 Å². The van der Waals surface area contributed by atoms with Crippen LogP contribution in [0, 0.1) is 6.92 Å². The molecular weight excluding hydrogens is 250 g/mol. The van der Waals surface area contributed by atoms with E-state index in [0.717, 1.165) is 36.3 Å². The highest BCUT2D eigenvalue weighted by Crippen LogP contribution is 2.38. The molecule has 0 amide bonds. The van der Waals surface area contributed by atoms with Crippen LogP contribution in [0.3, 0.4) is 0 Å². The smallest absolute Gasteiger partial charge is 0.179 e. The van der Waals surface area contributed by atoms with Gasteiger partial charge in [0.1, 0.15) is 5.82 Å². The van der Waals surface area contributed by atoms with Gasteiger partial charge in [0.05, 0.1) is 17.1 Å². The fourth-order valence-electron chi connectivity index (χ4n) is 3.28. The Morgan fingerprint density at radius 1 is 1.35 bits per heavy atom. The minimum Gasteiger partial charge on any atom is -0.325 e. The number of nitrogens with zero attached hydrogens (tertiary/aromatic N) is 2. The number of carbonyl (C=O) groups is 1. The number of fused-ring (bicyclic) bond motifs is 1. The Morgan fingerprint density at radius 2 is 2.20 bits per heavy atom. The van der Waals surface area contributed by atoms with E-state index < -0.39 is 0 Å². The van der Waals surface area contributed by atoms with Crippen LogP contribution in [0.25, 0.3) is 11.0 Å². The van der Waals surface area contributed by atoms with E-state index in [1.807, 2.05) is 12.1 Å². The maximum Gasteiger partial charge on any atom is 0.179 e. The largest absolute Gasteiger partial charge is 0.325 e. The highest BCUT2D eigenvalue weighted by atomic mass is 16.1. The quantitative estimate of drug-likeness (QED) is 0.871. The number of carbonyl (C=O) groups excluding carboxylic acids is 1. The molecule has 0 radical (unpaired) electrons. The number of nitrogens with one attached hydrogen (secondary N) is 1. The van der Waals surface area contributed by atoms with Crippen LogP contribution in [0.15, 0.2) is 18.2 Å². The standard InChI is InChI=1S/C16H19N3O/c1-10-18-14-9-11(16(20)13-3-2-8-17-13)4-7-15(14)19(10)12-5-6-12/h4,7,9,12-13,17H,2-3,5-6,8H2,1H3. The number of ketones is 1. The molecule has 4 nitrogen and oxygen atoms in total. The molecule has 2 aromatic rings. The van der Waals surface area contributed by atoms with Gasteiger partial charge in [-0.15, -0.1) is 0 Å². The normalized spacial score (nSPS) is 22.6. The zero-order valence-corrected chi connectivity index (χ0v) is 11.7. The third kappa shape index (κ3) is 1.86. The van der Waals surface area contributed by atoms with Crippen molar-refractivity contribution >= 4 is 16.8 Å². The molecule has 0 bridgehead atoms. The number of hydrogen-bond acceptors (Lipinski definition) is 3. The molecule has 2 fully saturated rings. The molecule has 104 valence electrons. The van der Waals surface area contributed by atoms with E-state index in [9.17, 15) is 4.79 Å². The number of hydrogen-bond donors (Lipinski definition) is 1. The molecule has 0 spiro atoms. The number of imidazole rings is 1. The van der Waals surface area contributed by atoms with Crippen LogP contribution in [0.1, 0.15) is 47.9 Å². The van der Waals surface area contributed by atoms with E-state index in [1.165, 1.54) is 18.4 Å². The van der Waals surface area contributed by atoms with Gasteiger partial charge in [-0.05, 0) is 57.4 Å². The van der Waals surface area contributed by atoms with Crippen molar-refractivity contribution in [2.45, 2.75) is 44.7 Å². The average molecular weight is 269 g/mol. The second kappa shape index (κ2) is 4.42. The summed E-state index contributed by atoms with van der Waals surface area (Å²) in [4.78, 5) is 17.1. The molecule has 1 unspecified atom stereocenters. The summed E-state index contributed by atoms with van der Waals surface area (Å²) in [6.07, 6.45) is 4.54. The molecule has 1 N–H and O–H groups in total. The molecule has 2 heterocycles. The lowest BCUT2D eigenvalue weighted by Crippen LogP contribution is -2.30. The number of benzene rings is 1. The van der Waals surface area contributed by atoms with Gasteiger partial charge in [0.25, 0.3) is 0 Å². The minimum absolute atomic E-state index is 0.000866. The third-order valence-corrected chi connectivity index (χ3v) is 4.44. The Balaban J connectivity index is 1.73. The predicted octanol–water partition coefficient (Wildman–Crippen LogP) is 2.61. The number of aryl methyl sites for hydroxylation is 1. The molecule has 1 aliphatic carbocycles. The van der Waals surface area contributed by atoms with Crippen molar-refractivity contribution in [2.24, 2.45) is 0 Å². The summed E-state index contributed by atoms with van der Waals surface area (Å²) in [5.41, 5.74) is 2.91. The van der Waals surface area contributed by atoms with E-state index in [-0.39, 0.29) is 11.8 Å². The molecule has 2 aliphatic rings. The summed E-state index contributed by atoms with van der Waals surface area (Å²) in [6, 6.07) is 6.61. The molecule has 4 heteroatoms. The fourth-order valence-corrected chi connectivity index (χ4v) is 3.28. The van der Waals surface area contributed by atoms with Crippen molar-refractivity contribution in [3.63, 3.8) is 0 Å². The molecule has 4 rings (SSSR count). The summed E-state index contributed by atoms with van der Waals surface area (Å²) in [7, 11) is 0. The summed E-state index contributed by atoms with van der Waals surface area (Å²) in [5.74, 6) is 1.27. The van der Waals surface area contributed by atoms with Gasteiger partial charge in [0.2, 0.25) is 0 Å². The highest BCUT2D eigenvalue weighted by molar-refractivity contribution is 6.02. The lowest BCUT2D eigenvalue weighted by molar-refractivity contribution is 0.0952. The van der Waals surface area contributed by atoms with Crippen molar-refractivity contribution in [3.05, 3.63) is 29.6 Å². The van der Waals surface area contributed by atoms with Crippen LogP contribution in [0.5, 0.6) is 0 Å². The van der Waals surface area contributed by atoms with Gasteiger partial charge in [-0.2, -0.15) is 0 Å². The molecule has 1 aromatic carbocycles. The second-order valence-electron chi connectivity index (χ2n) is 5.98. The van der Waals surface area contributed by atoms with Crippen molar-refractivity contribution < 1.29 is 4.79 Å². The van der Waals surface area contributed by atoms with Gasteiger partial charge in [-0.3, -0.25) is 4.79 Å². The number of Topliss-reactive ketones (excluding diaryl/α,β-unsaturated/α-hetero) is 1. The number of aromatic nitrogens is 2. The maximum absolute atomic E-state index is 12.4. The average Bonchev–Trinajstić information content (AvgIpc) is 3.02. The first-order valence-electron chi connectivity index (χ1n) is 7.50. The predicted molar refractivity (Wildman–Crippen MR) is 78.1 cm³/mol. The van der Waals surface area contributed by atoms with Gasteiger partial charge in [-0.25, -0.2) is 4.98 Å². The first kappa shape index (κ1) is 12.1. The van der Waals surface area contributed by atoms with Gasteiger partial charge in [0, 0.05) is 11.6 Å². The Hall–Kier alpha value is -1.68. The van der Waals surface area contributed by atoms with E-state index in [4.69, 9.17) is 0 Å². The summed E-state index contributed by atoms with van der Waals surface area (Å²) >= 11 is 0. The van der Waals surface area contributed by atoms with Gasteiger partial charge < -0.3 is 9.88 Å². The zero-order valence-electron chi connectivity index (χ0n) is 11.7. The van der Waals surface area contributed by atoms with E-state index in [2.05, 4.69) is 27.9 Å². The lowest BCUT2D eigenvalue weighted by Gasteiger charge is -2.09. The minimum atomic E-state index is -0.000866. The zero-order chi connectivity index (χ0) is 13.7. The van der Waals surface area contributed by atoms with Crippen LogP contribution >= 0.6 is 0 Å². The van der Waals surface area contributed by atoms with Gasteiger partial charge in [-0.1, -0.05) is 0 Å². The first-order chi connectivity index (χ1) is 9.74. The second-order valence-corrected chi connectivity index (χ2v) is 5.98. The summed E-state index contributed by atoms with van der Waals surface area (Å²) in [5, 5.41) is 3.27. The Labute approximate surface area is 118 Å². The Kier molecular flexibility index (Phi) is 2.67. The van der Waals surface area contributed by atoms with Crippen LogP contribution in [-0.2, 0) is 0 Å². The van der Waals surface area contributed by atoms with Crippen LogP contribution < -0.4 is 5.32 Å². The number of rotatable bonds is 3. The maximum atomic E-state index is 12.4. The van der Waals surface area contributed by atoms with Crippen LogP contribution in [0.4, 0.5) is 0 Å². The van der Waals surface area contributed by atoms with Crippen LogP contribution in [0.2, 0.25) is 0 Å². The topological polar surface area (TPSA) is 46.9 Å². The lowest BCUT2D eigenvalue weighted by atomic mass is 10.0. The van der Waals surface area contributed by atoms with Crippen molar-refractivity contribution in [1.29, 1.82) is 0 Å². The summed E-state index contributed by atoms with van der Waals surface area (Å²) < 4.78 is 2.32. The summed E-state index contributed by atoms with van der Waals surface area (Å²) in [6.45, 7) is 3.01. The van der Waals surface area contributed by atoms with E-state index >= 15 is 0 Å². The third-order valence-electron chi connectivity index (χ3n) is 4.44. The highest BCUT2D eigenvalue weighted by Gasteiger charge is 2.28. The Bertz CT molecular complexity index is 678. The SMILES string of the molecule is Cc1nc2cc(C(=O)C3CCCN3)ccc2n1C1CC1. The van der Waals surface area contributed by atoms with E-state index in [0.29, 0.717) is 6.04 Å². The molecule has 20 heavy (non-hydrogen) atoms. The monoisotopic (exact) mass is 269 g/mol.